The van der Waals surface area contributed by atoms with Crippen molar-refractivity contribution >= 4 is 35.6 Å². The third-order valence-corrected chi connectivity index (χ3v) is 4.70. The van der Waals surface area contributed by atoms with Crippen molar-refractivity contribution in [2.45, 2.75) is 13.0 Å². The van der Waals surface area contributed by atoms with Crippen LogP contribution in [-0.4, -0.2) is 55.2 Å². The van der Waals surface area contributed by atoms with Crippen LogP contribution in [0, 0.1) is 5.82 Å². The molecule has 7 heteroatoms. The summed E-state index contributed by atoms with van der Waals surface area (Å²) in [5.74, 6) is 0.505. The predicted molar refractivity (Wildman–Crippen MR) is 123 cm³/mol. The first-order valence-electron chi connectivity index (χ1n) is 9.44. The summed E-state index contributed by atoms with van der Waals surface area (Å²) in [6.45, 7) is 6.63. The lowest BCUT2D eigenvalue weighted by Crippen LogP contribution is -2.52. The molecule has 28 heavy (non-hydrogen) atoms. The number of nitrogens with one attached hydrogen (secondary N) is 1. The first-order valence-corrected chi connectivity index (χ1v) is 9.44. The minimum Gasteiger partial charge on any atom is -0.386 e. The van der Waals surface area contributed by atoms with Gasteiger partial charge in [0.2, 0.25) is 0 Å². The molecule has 0 spiro atoms. The number of aliphatic hydroxyl groups excluding tert-OH is 1. The van der Waals surface area contributed by atoms with Gasteiger partial charge in [-0.1, -0.05) is 30.3 Å². The number of rotatable bonds is 5. The normalized spacial score (nSPS) is 15.8. The Kier molecular flexibility index (Phi) is 8.98. The van der Waals surface area contributed by atoms with E-state index in [1.165, 1.54) is 17.8 Å². The molecule has 1 aliphatic heterocycles. The van der Waals surface area contributed by atoms with Crippen LogP contribution < -0.4 is 10.2 Å². The molecule has 2 aromatic rings. The molecule has 1 heterocycles. The number of para-hydroxylation sites is 1. The number of aliphatic imine (C=N–C) groups is 1. The first kappa shape index (κ1) is 22.4. The van der Waals surface area contributed by atoms with Gasteiger partial charge in [-0.2, -0.15) is 0 Å². The summed E-state index contributed by atoms with van der Waals surface area (Å²) in [7, 11) is 0. The largest absolute Gasteiger partial charge is 0.386 e. The molecule has 0 aliphatic carbocycles. The molecule has 5 nitrogen and oxygen atoms in total. The molecule has 0 bridgehead atoms. The van der Waals surface area contributed by atoms with E-state index in [2.05, 4.69) is 44.4 Å². The van der Waals surface area contributed by atoms with Gasteiger partial charge in [-0.25, -0.2) is 4.39 Å². The predicted octanol–water partition coefficient (Wildman–Crippen LogP) is 3.26. The van der Waals surface area contributed by atoms with Crippen molar-refractivity contribution in [1.29, 1.82) is 0 Å². The van der Waals surface area contributed by atoms with Gasteiger partial charge in [0.05, 0.1) is 12.6 Å². The maximum absolute atomic E-state index is 13.0. The average molecular weight is 498 g/mol. The number of hydrogen-bond acceptors (Lipinski definition) is 3. The van der Waals surface area contributed by atoms with Crippen LogP contribution in [0.3, 0.4) is 0 Å². The summed E-state index contributed by atoms with van der Waals surface area (Å²) in [6.07, 6.45) is -0.745. The first-order chi connectivity index (χ1) is 13.2. The average Bonchev–Trinajstić information content (AvgIpc) is 2.72. The molecule has 0 saturated carbocycles. The SMILES string of the molecule is CCNC(=NCC(O)c1ccc(F)cc1)N1CCN(c2ccccc2)CC1.I. The van der Waals surface area contributed by atoms with Gasteiger partial charge in [0.1, 0.15) is 5.82 Å². The van der Waals surface area contributed by atoms with Crippen molar-refractivity contribution in [3.63, 3.8) is 0 Å². The number of nitrogens with zero attached hydrogens (tertiary/aromatic N) is 3. The Morgan fingerprint density at radius 1 is 1.07 bits per heavy atom. The second-order valence-electron chi connectivity index (χ2n) is 6.57. The van der Waals surface area contributed by atoms with Gasteiger partial charge in [0, 0.05) is 38.4 Å². The number of halogens is 2. The minimum atomic E-state index is -0.745. The zero-order valence-corrected chi connectivity index (χ0v) is 18.4. The lowest BCUT2D eigenvalue weighted by molar-refractivity contribution is 0.186. The van der Waals surface area contributed by atoms with E-state index in [1.54, 1.807) is 12.1 Å². The van der Waals surface area contributed by atoms with E-state index < -0.39 is 6.10 Å². The summed E-state index contributed by atoms with van der Waals surface area (Å²) >= 11 is 0. The standard InChI is InChI=1S/C21H27FN4O.HI/c1-2-23-21(24-16-20(27)17-8-10-18(22)11-9-17)26-14-12-25(13-15-26)19-6-4-3-5-7-19;/h3-11,20,27H,2,12-16H2,1H3,(H,23,24);1H. The van der Waals surface area contributed by atoms with Gasteiger partial charge in [-0.05, 0) is 36.8 Å². The van der Waals surface area contributed by atoms with E-state index in [0.29, 0.717) is 5.56 Å². The van der Waals surface area contributed by atoms with Crippen LogP contribution >= 0.6 is 24.0 Å². The highest BCUT2D eigenvalue weighted by atomic mass is 127. The highest BCUT2D eigenvalue weighted by Crippen LogP contribution is 2.16. The Morgan fingerprint density at radius 3 is 2.32 bits per heavy atom. The van der Waals surface area contributed by atoms with E-state index in [1.807, 2.05) is 13.0 Å². The molecule has 1 aliphatic rings. The van der Waals surface area contributed by atoms with Crippen LogP contribution in [0.1, 0.15) is 18.6 Å². The smallest absolute Gasteiger partial charge is 0.194 e. The van der Waals surface area contributed by atoms with Gasteiger partial charge >= 0.3 is 0 Å². The molecule has 1 atom stereocenters. The fourth-order valence-electron chi connectivity index (χ4n) is 3.20. The number of anilines is 1. The summed E-state index contributed by atoms with van der Waals surface area (Å²) in [6, 6.07) is 16.3. The molecule has 1 unspecified atom stereocenters. The molecule has 1 fully saturated rings. The van der Waals surface area contributed by atoms with Gasteiger partial charge < -0.3 is 20.2 Å². The summed E-state index contributed by atoms with van der Waals surface area (Å²) < 4.78 is 13.0. The van der Waals surface area contributed by atoms with E-state index in [4.69, 9.17) is 0 Å². The quantitative estimate of drug-likeness (QED) is 0.378. The maximum Gasteiger partial charge on any atom is 0.194 e. The van der Waals surface area contributed by atoms with Crippen molar-refractivity contribution in [1.82, 2.24) is 10.2 Å². The van der Waals surface area contributed by atoms with Gasteiger partial charge in [-0.3, -0.25) is 4.99 Å². The summed E-state index contributed by atoms with van der Waals surface area (Å²) in [5.41, 5.74) is 1.91. The minimum absolute atomic E-state index is 0. The van der Waals surface area contributed by atoms with E-state index in [9.17, 15) is 9.50 Å². The Morgan fingerprint density at radius 2 is 1.71 bits per heavy atom. The van der Waals surface area contributed by atoms with Crippen molar-refractivity contribution < 1.29 is 9.50 Å². The fraction of sp³-hybridized carbons (Fsp3) is 0.381. The van der Waals surface area contributed by atoms with E-state index in [-0.39, 0.29) is 36.3 Å². The lowest BCUT2D eigenvalue weighted by atomic mass is 10.1. The highest BCUT2D eigenvalue weighted by molar-refractivity contribution is 14.0. The van der Waals surface area contributed by atoms with Crippen molar-refractivity contribution in [3.8, 4) is 0 Å². The van der Waals surface area contributed by atoms with Crippen molar-refractivity contribution in [2.75, 3.05) is 44.2 Å². The topological polar surface area (TPSA) is 51.1 Å². The fourth-order valence-corrected chi connectivity index (χ4v) is 3.20. The number of benzene rings is 2. The third kappa shape index (κ3) is 6.07. The molecule has 1 saturated heterocycles. The van der Waals surface area contributed by atoms with Crippen molar-refractivity contribution in [3.05, 3.63) is 66.0 Å². The van der Waals surface area contributed by atoms with Gasteiger partial charge in [0.15, 0.2) is 5.96 Å². The zero-order valence-electron chi connectivity index (χ0n) is 16.1. The van der Waals surface area contributed by atoms with Crippen LogP contribution in [0.4, 0.5) is 10.1 Å². The Bertz CT molecular complexity index is 734. The lowest BCUT2D eigenvalue weighted by Gasteiger charge is -2.37. The van der Waals surface area contributed by atoms with Gasteiger partial charge in [-0.15, -0.1) is 24.0 Å². The molecule has 0 aromatic heterocycles. The van der Waals surface area contributed by atoms with Crippen LogP contribution in [-0.2, 0) is 0 Å². The third-order valence-electron chi connectivity index (χ3n) is 4.70. The van der Waals surface area contributed by atoms with Crippen LogP contribution in [0.15, 0.2) is 59.6 Å². The number of piperazine rings is 1. The Hall–Kier alpha value is -1.87. The van der Waals surface area contributed by atoms with E-state index in [0.717, 1.165) is 38.7 Å². The van der Waals surface area contributed by atoms with E-state index >= 15 is 0 Å². The summed E-state index contributed by atoms with van der Waals surface area (Å²) in [5, 5.41) is 13.6. The molecule has 0 amide bonds. The molecular formula is C21H28FIN4O. The number of hydrogen-bond donors (Lipinski definition) is 2. The molecule has 152 valence electrons. The molecule has 0 radical (unpaired) electrons. The molecule has 3 rings (SSSR count). The van der Waals surface area contributed by atoms with Crippen LogP contribution in [0.25, 0.3) is 0 Å². The monoisotopic (exact) mass is 498 g/mol. The zero-order chi connectivity index (χ0) is 19.1. The van der Waals surface area contributed by atoms with Gasteiger partial charge in [0.25, 0.3) is 0 Å². The maximum atomic E-state index is 13.0. The second-order valence-corrected chi connectivity index (χ2v) is 6.57. The van der Waals surface area contributed by atoms with Crippen molar-refractivity contribution in [2.24, 2.45) is 4.99 Å². The Balaban J connectivity index is 0.00000280. The summed E-state index contributed by atoms with van der Waals surface area (Å²) in [4.78, 5) is 9.19. The Labute approximate surface area is 183 Å². The highest BCUT2D eigenvalue weighted by Gasteiger charge is 2.20. The van der Waals surface area contributed by atoms with Crippen LogP contribution in [0.2, 0.25) is 0 Å². The molecular weight excluding hydrogens is 470 g/mol. The number of aliphatic hydroxyl groups is 1. The molecule has 2 aromatic carbocycles. The number of guanidine groups is 1. The van der Waals surface area contributed by atoms with Crippen LogP contribution in [0.5, 0.6) is 0 Å². The molecule has 2 N–H and O–H groups in total. The second kappa shape index (κ2) is 11.2.